The minimum atomic E-state index is -0.381. The third-order valence-corrected chi connectivity index (χ3v) is 2.16. The molecule has 0 aliphatic carbocycles. The van der Waals surface area contributed by atoms with E-state index in [1.54, 1.807) is 19.6 Å². The summed E-state index contributed by atoms with van der Waals surface area (Å²) < 4.78 is 6.94. The largest absolute Gasteiger partial charge is 0.364 e. The lowest BCUT2D eigenvalue weighted by molar-refractivity contribution is -0.215. The van der Waals surface area contributed by atoms with E-state index in [1.165, 1.54) is 5.06 Å². The second kappa shape index (κ2) is 6.51. The Morgan fingerprint density at radius 1 is 1.50 bits per heavy atom. The molecule has 0 saturated carbocycles. The van der Waals surface area contributed by atoms with Crippen molar-refractivity contribution in [3.63, 3.8) is 0 Å². The van der Waals surface area contributed by atoms with Gasteiger partial charge in [0.15, 0.2) is 0 Å². The highest BCUT2D eigenvalue weighted by Gasteiger charge is 2.16. The van der Waals surface area contributed by atoms with Crippen LogP contribution in [0.25, 0.3) is 0 Å². The number of hydrogen-bond donors (Lipinski definition) is 0. The first-order valence-corrected chi connectivity index (χ1v) is 5.85. The van der Waals surface area contributed by atoms with Crippen LogP contribution in [0.5, 0.6) is 0 Å². The van der Waals surface area contributed by atoms with Gasteiger partial charge in [0.05, 0.1) is 18.5 Å². The summed E-state index contributed by atoms with van der Waals surface area (Å²) in [4.78, 5) is 20.5. The van der Waals surface area contributed by atoms with Crippen LogP contribution in [0.1, 0.15) is 26.5 Å². The molecule has 1 amide bonds. The van der Waals surface area contributed by atoms with Gasteiger partial charge in [0.25, 0.3) is 0 Å². The Kier molecular flexibility index (Phi) is 5.30. The summed E-state index contributed by atoms with van der Waals surface area (Å²) >= 11 is 0. The summed E-state index contributed by atoms with van der Waals surface area (Å²) in [6.45, 7) is 6.64. The predicted octanol–water partition coefficient (Wildman–Crippen LogP) is 1.22. The van der Waals surface area contributed by atoms with Crippen molar-refractivity contribution < 1.29 is 14.4 Å². The summed E-state index contributed by atoms with van der Waals surface area (Å²) in [5.41, 5.74) is 0.620. The van der Waals surface area contributed by atoms with E-state index in [0.717, 1.165) is 5.69 Å². The number of hydrogen-bond acceptors (Lipinski definition) is 4. The molecule has 1 heterocycles. The van der Waals surface area contributed by atoms with Crippen LogP contribution in [-0.4, -0.2) is 40.3 Å². The number of methoxy groups -OCH3 is 1. The number of carbonyl (C=O) groups is 1. The van der Waals surface area contributed by atoms with Crippen molar-refractivity contribution in [3.05, 3.63) is 18.2 Å². The van der Waals surface area contributed by atoms with Gasteiger partial charge in [-0.15, -0.1) is 0 Å². The van der Waals surface area contributed by atoms with Gasteiger partial charge in [-0.05, 0) is 20.8 Å². The molecule has 1 aromatic rings. The molecule has 0 aromatic carbocycles. The van der Waals surface area contributed by atoms with Crippen LogP contribution in [0.15, 0.2) is 12.5 Å². The molecule has 0 radical (unpaired) electrons. The molecule has 0 aliphatic heterocycles. The summed E-state index contributed by atoms with van der Waals surface area (Å²) in [6.07, 6.45) is 4.83. The SMILES string of the molecule is COCn1cncc1CCN(C=O)OC(C)(C)C. The summed E-state index contributed by atoms with van der Waals surface area (Å²) in [5.74, 6) is 0. The van der Waals surface area contributed by atoms with Gasteiger partial charge in [0.2, 0.25) is 6.41 Å². The number of imidazole rings is 1. The van der Waals surface area contributed by atoms with Gasteiger partial charge in [-0.3, -0.25) is 9.63 Å². The maximum absolute atomic E-state index is 10.9. The van der Waals surface area contributed by atoms with E-state index in [4.69, 9.17) is 9.57 Å². The lowest BCUT2D eigenvalue weighted by Gasteiger charge is -2.26. The molecule has 102 valence electrons. The van der Waals surface area contributed by atoms with Crippen LogP contribution >= 0.6 is 0 Å². The monoisotopic (exact) mass is 255 g/mol. The van der Waals surface area contributed by atoms with Crippen LogP contribution in [-0.2, 0) is 27.5 Å². The molecule has 6 heteroatoms. The van der Waals surface area contributed by atoms with Crippen molar-refractivity contribution in [2.24, 2.45) is 0 Å². The Labute approximate surface area is 107 Å². The average molecular weight is 255 g/mol. The highest BCUT2D eigenvalue weighted by molar-refractivity contribution is 5.45. The van der Waals surface area contributed by atoms with Gasteiger partial charge in [0.1, 0.15) is 6.73 Å². The fourth-order valence-corrected chi connectivity index (χ4v) is 1.51. The number of amides is 1. The van der Waals surface area contributed by atoms with E-state index in [9.17, 15) is 4.79 Å². The summed E-state index contributed by atoms with van der Waals surface area (Å²) in [7, 11) is 1.63. The van der Waals surface area contributed by atoms with Crippen LogP contribution in [0.4, 0.5) is 0 Å². The van der Waals surface area contributed by atoms with E-state index in [-0.39, 0.29) is 5.60 Å². The third kappa shape index (κ3) is 4.85. The Bertz CT molecular complexity index is 371. The zero-order chi connectivity index (χ0) is 13.6. The first kappa shape index (κ1) is 14.7. The Morgan fingerprint density at radius 3 is 2.78 bits per heavy atom. The van der Waals surface area contributed by atoms with E-state index in [0.29, 0.717) is 26.1 Å². The summed E-state index contributed by atoms with van der Waals surface area (Å²) in [6, 6.07) is 0. The molecule has 0 saturated heterocycles. The van der Waals surface area contributed by atoms with Crippen LogP contribution in [0, 0.1) is 0 Å². The minimum absolute atomic E-state index is 0.381. The minimum Gasteiger partial charge on any atom is -0.364 e. The van der Waals surface area contributed by atoms with Crippen LogP contribution < -0.4 is 0 Å². The quantitative estimate of drug-likeness (QED) is 0.543. The van der Waals surface area contributed by atoms with Crippen molar-refractivity contribution >= 4 is 6.41 Å². The van der Waals surface area contributed by atoms with Gasteiger partial charge < -0.3 is 9.30 Å². The van der Waals surface area contributed by atoms with Crippen molar-refractivity contribution in [1.82, 2.24) is 14.6 Å². The van der Waals surface area contributed by atoms with Gasteiger partial charge in [0, 0.05) is 25.4 Å². The number of carbonyl (C=O) groups excluding carboxylic acids is 1. The average Bonchev–Trinajstić information content (AvgIpc) is 2.71. The number of nitrogens with zero attached hydrogens (tertiary/aromatic N) is 3. The van der Waals surface area contributed by atoms with Crippen molar-refractivity contribution in [1.29, 1.82) is 0 Å². The lowest BCUT2D eigenvalue weighted by Crippen LogP contribution is -2.34. The zero-order valence-electron chi connectivity index (χ0n) is 11.4. The highest BCUT2D eigenvalue weighted by atomic mass is 16.7. The molecular formula is C12H21N3O3. The Balaban J connectivity index is 2.52. The maximum atomic E-state index is 10.9. The summed E-state index contributed by atoms with van der Waals surface area (Å²) in [5, 5.41) is 1.31. The van der Waals surface area contributed by atoms with E-state index in [2.05, 4.69) is 4.98 Å². The van der Waals surface area contributed by atoms with Gasteiger partial charge in [-0.25, -0.2) is 10.0 Å². The molecule has 18 heavy (non-hydrogen) atoms. The third-order valence-electron chi connectivity index (χ3n) is 2.16. The number of aromatic nitrogens is 2. The Hall–Kier alpha value is -1.40. The van der Waals surface area contributed by atoms with Crippen LogP contribution in [0.3, 0.4) is 0 Å². The van der Waals surface area contributed by atoms with Gasteiger partial charge >= 0.3 is 0 Å². The standard InChI is InChI=1S/C12H21N3O3/c1-12(2,3)18-15(9-16)6-5-11-7-13-8-14(11)10-17-4/h7-9H,5-6,10H2,1-4H3. The molecule has 0 bridgehead atoms. The topological polar surface area (TPSA) is 56.6 Å². The molecule has 0 atom stereocenters. The molecule has 0 N–H and O–H groups in total. The van der Waals surface area contributed by atoms with Crippen molar-refractivity contribution in [2.45, 2.75) is 39.5 Å². The second-order valence-electron chi connectivity index (χ2n) is 4.97. The Morgan fingerprint density at radius 2 is 2.22 bits per heavy atom. The molecule has 0 unspecified atom stereocenters. The second-order valence-corrected chi connectivity index (χ2v) is 4.97. The number of ether oxygens (including phenoxy) is 1. The highest BCUT2D eigenvalue weighted by Crippen LogP contribution is 2.10. The van der Waals surface area contributed by atoms with E-state index < -0.39 is 0 Å². The first-order valence-electron chi connectivity index (χ1n) is 5.85. The van der Waals surface area contributed by atoms with Crippen molar-refractivity contribution in [3.8, 4) is 0 Å². The molecule has 6 nitrogen and oxygen atoms in total. The van der Waals surface area contributed by atoms with E-state index >= 15 is 0 Å². The normalized spacial score (nSPS) is 11.6. The number of rotatable bonds is 7. The molecule has 1 rings (SSSR count). The van der Waals surface area contributed by atoms with Crippen LogP contribution in [0.2, 0.25) is 0 Å². The van der Waals surface area contributed by atoms with Crippen molar-refractivity contribution in [2.75, 3.05) is 13.7 Å². The molecular weight excluding hydrogens is 234 g/mol. The fourth-order valence-electron chi connectivity index (χ4n) is 1.51. The molecule has 0 aliphatic rings. The molecule has 0 spiro atoms. The lowest BCUT2D eigenvalue weighted by atomic mass is 10.2. The molecule has 0 fully saturated rings. The maximum Gasteiger partial charge on any atom is 0.233 e. The van der Waals surface area contributed by atoms with Gasteiger partial charge in [-0.1, -0.05) is 0 Å². The first-order chi connectivity index (χ1) is 8.46. The predicted molar refractivity (Wildman–Crippen MR) is 66.5 cm³/mol. The zero-order valence-corrected chi connectivity index (χ0v) is 11.4. The fraction of sp³-hybridized carbons (Fsp3) is 0.667. The smallest absolute Gasteiger partial charge is 0.233 e. The van der Waals surface area contributed by atoms with E-state index in [1.807, 2.05) is 25.3 Å². The van der Waals surface area contributed by atoms with Gasteiger partial charge in [-0.2, -0.15) is 0 Å². The number of hydroxylamine groups is 2. The molecule has 1 aromatic heterocycles.